The average Bonchev–Trinajstić information content (AvgIpc) is 3.24. The Labute approximate surface area is 243 Å². The van der Waals surface area contributed by atoms with Crippen LogP contribution in [0, 0.1) is 34.5 Å². The number of ether oxygens (including phenoxy) is 1. The molecule has 1 aliphatic heterocycles. The molecule has 8 heteroatoms. The monoisotopic (exact) mass is 578 g/mol. The van der Waals surface area contributed by atoms with Crippen molar-refractivity contribution < 1.29 is 28.1 Å². The fraction of sp³-hybridized carbons (Fsp3) is 0.818. The molecule has 1 saturated heterocycles. The number of hydrogen-bond donors (Lipinski definition) is 2. The van der Waals surface area contributed by atoms with Crippen molar-refractivity contribution in [3.63, 3.8) is 0 Å². The van der Waals surface area contributed by atoms with Gasteiger partial charge in [0.05, 0.1) is 24.4 Å². The van der Waals surface area contributed by atoms with E-state index in [-0.39, 0.29) is 17.3 Å². The average molecular weight is 579 g/mol. The Morgan fingerprint density at radius 2 is 1.61 bits per heavy atom. The molecule has 0 spiro atoms. The van der Waals surface area contributed by atoms with Crippen LogP contribution < -0.4 is 4.74 Å². The first-order valence-corrected chi connectivity index (χ1v) is 15.9. The van der Waals surface area contributed by atoms with E-state index >= 15 is 0 Å². The molecular formula is C33H49F3N2O3. The molecule has 5 aliphatic rings. The second kappa shape index (κ2) is 10.7. The quantitative estimate of drug-likeness (QED) is 0.451. The van der Waals surface area contributed by atoms with E-state index in [0.29, 0.717) is 30.3 Å². The van der Waals surface area contributed by atoms with E-state index < -0.39 is 17.3 Å². The minimum Gasteiger partial charge on any atom is -0.496 e. The number of aliphatic hydroxyl groups excluding tert-OH is 1. The second-order valence-electron chi connectivity index (χ2n) is 14.8. The largest absolute Gasteiger partial charge is 0.496 e. The predicted octanol–water partition coefficient (Wildman–Crippen LogP) is 5.97. The van der Waals surface area contributed by atoms with Crippen molar-refractivity contribution in [1.29, 1.82) is 0 Å². The maximum atomic E-state index is 13.2. The predicted molar refractivity (Wildman–Crippen MR) is 152 cm³/mol. The summed E-state index contributed by atoms with van der Waals surface area (Å²) in [5.74, 6) is 2.55. The van der Waals surface area contributed by atoms with Crippen LogP contribution in [0.1, 0.15) is 82.8 Å². The van der Waals surface area contributed by atoms with Crippen LogP contribution in [0.5, 0.6) is 5.75 Å². The summed E-state index contributed by atoms with van der Waals surface area (Å²) in [6, 6.07) is 4.18. The Kier molecular flexibility index (Phi) is 7.73. The van der Waals surface area contributed by atoms with Crippen molar-refractivity contribution in [2.45, 2.75) is 96.1 Å². The Morgan fingerprint density at radius 1 is 0.902 bits per heavy atom. The van der Waals surface area contributed by atoms with Crippen LogP contribution in [-0.2, 0) is 12.7 Å². The molecule has 230 valence electrons. The number of piperazine rings is 1. The molecule has 5 nitrogen and oxygen atoms in total. The normalized spacial score (nSPS) is 41.9. The Bertz CT molecular complexity index is 1110. The number of alkyl halides is 3. The fourth-order valence-electron chi connectivity index (χ4n) is 10.3. The van der Waals surface area contributed by atoms with Gasteiger partial charge in [-0.05, 0) is 110 Å². The van der Waals surface area contributed by atoms with E-state index in [1.165, 1.54) is 38.9 Å². The number of nitrogens with zero attached hydrogens (tertiary/aromatic N) is 2. The summed E-state index contributed by atoms with van der Waals surface area (Å²) in [6.07, 6.45) is 5.27. The topological polar surface area (TPSA) is 56.2 Å². The van der Waals surface area contributed by atoms with Gasteiger partial charge in [0.2, 0.25) is 0 Å². The van der Waals surface area contributed by atoms with Gasteiger partial charge in [0.1, 0.15) is 5.75 Å². The zero-order valence-electron chi connectivity index (χ0n) is 25.1. The van der Waals surface area contributed by atoms with Crippen LogP contribution in [0.25, 0.3) is 0 Å². The van der Waals surface area contributed by atoms with E-state index in [0.717, 1.165) is 81.7 Å². The lowest BCUT2D eigenvalue weighted by Crippen LogP contribution is -2.59. The molecule has 1 heterocycles. The van der Waals surface area contributed by atoms with Crippen molar-refractivity contribution >= 4 is 0 Å². The molecule has 5 fully saturated rings. The lowest BCUT2D eigenvalue weighted by atomic mass is 9.44. The molecule has 4 saturated carbocycles. The Hall–Kier alpha value is -1.35. The minimum atomic E-state index is -4.43. The van der Waals surface area contributed by atoms with Gasteiger partial charge < -0.3 is 14.9 Å². The van der Waals surface area contributed by atoms with Gasteiger partial charge in [0, 0.05) is 39.3 Å². The summed E-state index contributed by atoms with van der Waals surface area (Å²) in [5.41, 5.74) is -0.157. The van der Waals surface area contributed by atoms with Crippen LogP contribution in [0.4, 0.5) is 13.2 Å². The van der Waals surface area contributed by atoms with Gasteiger partial charge in [-0.15, -0.1) is 0 Å². The number of benzene rings is 1. The molecule has 0 amide bonds. The molecule has 8 atom stereocenters. The van der Waals surface area contributed by atoms with Gasteiger partial charge in [0.25, 0.3) is 0 Å². The number of methoxy groups -OCH3 is 1. The summed E-state index contributed by atoms with van der Waals surface area (Å²) >= 11 is 0. The summed E-state index contributed by atoms with van der Waals surface area (Å²) in [7, 11) is 1.28. The molecule has 1 aromatic carbocycles. The number of halogens is 3. The van der Waals surface area contributed by atoms with E-state index in [9.17, 15) is 23.4 Å². The molecule has 6 rings (SSSR count). The van der Waals surface area contributed by atoms with Gasteiger partial charge in [0.15, 0.2) is 0 Å². The van der Waals surface area contributed by atoms with E-state index in [1.807, 2.05) is 0 Å². The zero-order chi connectivity index (χ0) is 29.2. The van der Waals surface area contributed by atoms with Crippen LogP contribution in [0.3, 0.4) is 0 Å². The van der Waals surface area contributed by atoms with Gasteiger partial charge in [-0.2, -0.15) is 13.2 Å². The van der Waals surface area contributed by atoms with Crippen LogP contribution in [0.2, 0.25) is 0 Å². The molecule has 4 aliphatic carbocycles. The smallest absolute Gasteiger partial charge is 0.419 e. The maximum Gasteiger partial charge on any atom is 0.419 e. The third-order valence-electron chi connectivity index (χ3n) is 12.7. The molecule has 41 heavy (non-hydrogen) atoms. The highest BCUT2D eigenvalue weighted by Crippen LogP contribution is 2.66. The summed E-state index contributed by atoms with van der Waals surface area (Å²) in [6.45, 7) is 9.54. The standard InChI is InChI=1S/C33H49F3N2O3/c1-30-12-13-32(40,19-23(30)5-6-24-25-8-9-29(39)31(25,2)11-10-26(24)30)21-38-16-14-37(15-17-38)20-22-4-7-27(33(34,35)36)28(18-22)41-3/h4,7,18,23-26,29,39-40H,5-6,8-17,19-21H2,1-3H3/t23-,24-,25-,26-,29+,30-,31-,32+/m0/s1. The Balaban J connectivity index is 1.03. The number of aliphatic hydroxyl groups is 2. The molecule has 0 unspecified atom stereocenters. The lowest BCUT2D eigenvalue weighted by molar-refractivity contribution is -0.159. The summed E-state index contributed by atoms with van der Waals surface area (Å²) in [5, 5.41) is 22.6. The molecule has 0 aromatic heterocycles. The van der Waals surface area contributed by atoms with Gasteiger partial charge in [-0.25, -0.2) is 0 Å². The highest BCUT2D eigenvalue weighted by molar-refractivity contribution is 5.39. The second-order valence-corrected chi connectivity index (χ2v) is 14.8. The highest BCUT2D eigenvalue weighted by atomic mass is 19.4. The van der Waals surface area contributed by atoms with Crippen molar-refractivity contribution in [3.8, 4) is 5.75 Å². The Morgan fingerprint density at radius 3 is 2.32 bits per heavy atom. The third-order valence-corrected chi connectivity index (χ3v) is 12.7. The SMILES string of the molecule is COc1cc(CN2CCN(C[C@@]3(O)CC[C@@]4(C)[C@@H](CC[C@@H]5[C@@H]4CC[C@]4(C)[C@H](O)CC[C@@H]54)C3)CC2)ccc1C(F)(F)F. The summed E-state index contributed by atoms with van der Waals surface area (Å²) < 4.78 is 44.7. The van der Waals surface area contributed by atoms with Gasteiger partial charge in [-0.1, -0.05) is 19.9 Å². The molecular weight excluding hydrogens is 529 g/mol. The number of rotatable bonds is 5. The minimum absolute atomic E-state index is 0.112. The lowest BCUT2D eigenvalue weighted by Gasteiger charge is -2.62. The molecule has 0 radical (unpaired) electrons. The van der Waals surface area contributed by atoms with Crippen molar-refractivity contribution in [1.82, 2.24) is 9.80 Å². The van der Waals surface area contributed by atoms with Crippen LogP contribution in [0.15, 0.2) is 18.2 Å². The summed E-state index contributed by atoms with van der Waals surface area (Å²) in [4.78, 5) is 4.67. The van der Waals surface area contributed by atoms with Gasteiger partial charge >= 0.3 is 6.18 Å². The van der Waals surface area contributed by atoms with E-state index in [2.05, 4.69) is 23.6 Å². The van der Waals surface area contributed by atoms with E-state index in [4.69, 9.17) is 4.74 Å². The molecule has 1 aromatic rings. The number of hydrogen-bond acceptors (Lipinski definition) is 5. The third kappa shape index (κ3) is 5.33. The molecule has 2 N–H and O–H groups in total. The number of β-amino-alcohol motifs (C(OH)–C–C–N with tert-alkyl or cyclic N) is 1. The zero-order valence-corrected chi connectivity index (χ0v) is 25.1. The maximum absolute atomic E-state index is 13.2. The van der Waals surface area contributed by atoms with Crippen LogP contribution >= 0.6 is 0 Å². The van der Waals surface area contributed by atoms with Crippen molar-refractivity contribution in [2.24, 2.45) is 34.5 Å². The fourth-order valence-corrected chi connectivity index (χ4v) is 10.3. The van der Waals surface area contributed by atoms with Crippen molar-refractivity contribution in [2.75, 3.05) is 39.8 Å². The van der Waals surface area contributed by atoms with Gasteiger partial charge in [-0.3, -0.25) is 9.80 Å². The number of fused-ring (bicyclic) bond motifs is 5. The van der Waals surface area contributed by atoms with Crippen molar-refractivity contribution in [3.05, 3.63) is 29.3 Å². The first-order chi connectivity index (χ1) is 19.3. The van der Waals surface area contributed by atoms with Crippen LogP contribution in [-0.4, -0.2) is 71.6 Å². The first-order valence-electron chi connectivity index (χ1n) is 15.9. The first kappa shape index (κ1) is 29.7. The molecule has 0 bridgehead atoms. The van der Waals surface area contributed by atoms with E-state index in [1.54, 1.807) is 6.07 Å². The highest BCUT2D eigenvalue weighted by Gasteiger charge is 2.61.